The molecular formula is C8H10N2O3. The molecule has 2 heterocycles. The Morgan fingerprint density at radius 1 is 1.62 bits per heavy atom. The molecule has 5 nitrogen and oxygen atoms in total. The molecule has 2 rings (SSSR count). The van der Waals surface area contributed by atoms with Gasteiger partial charge >= 0.3 is 5.97 Å². The van der Waals surface area contributed by atoms with Crippen LogP contribution >= 0.6 is 0 Å². The molecule has 0 saturated heterocycles. The first kappa shape index (κ1) is 8.25. The molecule has 0 unspecified atom stereocenters. The third-order valence-electron chi connectivity index (χ3n) is 1.95. The standard InChI is InChI=1S/C8H10N2O3/c11-8(12)2-1-7-10-5-3-9-4-6(5)13-7/h9H,1-4H2,(H,11,12). The Balaban J connectivity index is 2.02. The number of rotatable bonds is 3. The number of carbonyl (C=O) groups is 1. The van der Waals surface area contributed by atoms with E-state index in [2.05, 4.69) is 10.3 Å². The predicted molar refractivity (Wildman–Crippen MR) is 43.0 cm³/mol. The number of carboxylic acid groups (broad SMARTS) is 1. The van der Waals surface area contributed by atoms with Crippen LogP contribution in [0, 0.1) is 0 Å². The van der Waals surface area contributed by atoms with Crippen molar-refractivity contribution < 1.29 is 14.3 Å². The molecule has 1 aromatic rings. The second-order valence-electron chi connectivity index (χ2n) is 2.97. The van der Waals surface area contributed by atoms with Gasteiger partial charge in [0, 0.05) is 13.0 Å². The van der Waals surface area contributed by atoms with Crippen LogP contribution in [0.2, 0.25) is 0 Å². The highest BCUT2D eigenvalue weighted by Gasteiger charge is 2.17. The fourth-order valence-electron chi connectivity index (χ4n) is 1.33. The summed E-state index contributed by atoms with van der Waals surface area (Å²) >= 11 is 0. The molecule has 0 fully saturated rings. The lowest BCUT2D eigenvalue weighted by Gasteiger charge is -1.92. The van der Waals surface area contributed by atoms with Gasteiger partial charge < -0.3 is 14.8 Å². The normalized spacial score (nSPS) is 14.5. The summed E-state index contributed by atoms with van der Waals surface area (Å²) in [4.78, 5) is 14.4. The zero-order valence-electron chi connectivity index (χ0n) is 7.04. The Morgan fingerprint density at radius 2 is 2.46 bits per heavy atom. The molecule has 0 saturated carbocycles. The summed E-state index contributed by atoms with van der Waals surface area (Å²) in [5.41, 5.74) is 0.917. The van der Waals surface area contributed by atoms with Crippen molar-refractivity contribution in [3.63, 3.8) is 0 Å². The lowest BCUT2D eigenvalue weighted by Crippen LogP contribution is -2.03. The molecule has 0 aliphatic carbocycles. The van der Waals surface area contributed by atoms with Crippen molar-refractivity contribution in [1.82, 2.24) is 10.3 Å². The maximum Gasteiger partial charge on any atom is 0.303 e. The minimum Gasteiger partial charge on any atom is -0.481 e. The van der Waals surface area contributed by atoms with Gasteiger partial charge in [0.2, 0.25) is 0 Å². The van der Waals surface area contributed by atoms with E-state index in [0.717, 1.165) is 18.0 Å². The van der Waals surface area contributed by atoms with Gasteiger partial charge in [-0.2, -0.15) is 0 Å². The fraction of sp³-hybridized carbons (Fsp3) is 0.500. The molecule has 2 N–H and O–H groups in total. The van der Waals surface area contributed by atoms with Crippen molar-refractivity contribution in [2.24, 2.45) is 0 Å². The molecule has 0 aromatic carbocycles. The second-order valence-corrected chi connectivity index (χ2v) is 2.97. The number of carboxylic acids is 1. The molecule has 1 aliphatic rings. The molecular weight excluding hydrogens is 172 g/mol. The van der Waals surface area contributed by atoms with Crippen LogP contribution in [0.25, 0.3) is 0 Å². The smallest absolute Gasteiger partial charge is 0.303 e. The van der Waals surface area contributed by atoms with Crippen LogP contribution in [0.5, 0.6) is 0 Å². The minimum atomic E-state index is -0.823. The lowest BCUT2D eigenvalue weighted by molar-refractivity contribution is -0.137. The van der Waals surface area contributed by atoms with Gasteiger partial charge in [-0.3, -0.25) is 4.79 Å². The van der Waals surface area contributed by atoms with Gasteiger partial charge in [-0.15, -0.1) is 0 Å². The lowest BCUT2D eigenvalue weighted by atomic mass is 10.3. The van der Waals surface area contributed by atoms with Gasteiger partial charge in [-0.1, -0.05) is 0 Å². The number of hydrogen-bond donors (Lipinski definition) is 2. The van der Waals surface area contributed by atoms with E-state index in [1.165, 1.54) is 0 Å². The molecule has 13 heavy (non-hydrogen) atoms. The number of oxazole rings is 1. The largest absolute Gasteiger partial charge is 0.481 e. The van der Waals surface area contributed by atoms with Gasteiger partial charge in [0.1, 0.15) is 5.76 Å². The first-order valence-electron chi connectivity index (χ1n) is 4.15. The van der Waals surface area contributed by atoms with E-state index in [-0.39, 0.29) is 6.42 Å². The van der Waals surface area contributed by atoms with Crippen molar-refractivity contribution in [2.75, 3.05) is 0 Å². The van der Waals surface area contributed by atoms with E-state index < -0.39 is 5.97 Å². The quantitative estimate of drug-likeness (QED) is 0.702. The van der Waals surface area contributed by atoms with Crippen molar-refractivity contribution in [1.29, 1.82) is 0 Å². The summed E-state index contributed by atoms with van der Waals surface area (Å²) < 4.78 is 5.34. The van der Waals surface area contributed by atoms with E-state index >= 15 is 0 Å². The maximum atomic E-state index is 10.3. The number of nitrogens with one attached hydrogen (secondary N) is 1. The summed E-state index contributed by atoms with van der Waals surface area (Å²) in [7, 11) is 0. The number of hydrogen-bond acceptors (Lipinski definition) is 4. The highest BCUT2D eigenvalue weighted by molar-refractivity contribution is 5.66. The second kappa shape index (κ2) is 3.18. The zero-order chi connectivity index (χ0) is 9.26. The van der Waals surface area contributed by atoms with E-state index in [1.807, 2.05) is 0 Å². The summed E-state index contributed by atoms with van der Waals surface area (Å²) in [6.07, 6.45) is 0.454. The monoisotopic (exact) mass is 182 g/mol. The van der Waals surface area contributed by atoms with Crippen molar-refractivity contribution in [2.45, 2.75) is 25.9 Å². The molecule has 0 atom stereocenters. The zero-order valence-corrected chi connectivity index (χ0v) is 7.04. The summed E-state index contributed by atoms with van der Waals surface area (Å²) in [5, 5.41) is 11.5. The molecule has 70 valence electrons. The summed E-state index contributed by atoms with van der Waals surface area (Å²) in [6.45, 7) is 1.43. The SMILES string of the molecule is O=C(O)CCc1nc2c(o1)CNC2. The van der Waals surface area contributed by atoms with Gasteiger partial charge in [0.05, 0.1) is 18.7 Å². The molecule has 0 radical (unpaired) electrons. The fourth-order valence-corrected chi connectivity index (χ4v) is 1.33. The number of aryl methyl sites for hydroxylation is 1. The Kier molecular flexibility index (Phi) is 2.02. The highest BCUT2D eigenvalue weighted by Crippen LogP contribution is 2.16. The third kappa shape index (κ3) is 1.70. The molecule has 5 heteroatoms. The molecule has 1 aliphatic heterocycles. The van der Waals surface area contributed by atoms with E-state index in [4.69, 9.17) is 9.52 Å². The summed E-state index contributed by atoms with van der Waals surface area (Å²) in [5.74, 6) is 0.561. The third-order valence-corrected chi connectivity index (χ3v) is 1.95. The Morgan fingerprint density at radius 3 is 3.15 bits per heavy atom. The van der Waals surface area contributed by atoms with Crippen LogP contribution in [0.15, 0.2) is 4.42 Å². The molecule has 0 amide bonds. The van der Waals surface area contributed by atoms with E-state index in [1.54, 1.807) is 0 Å². The van der Waals surface area contributed by atoms with Gasteiger partial charge in [-0.25, -0.2) is 4.98 Å². The van der Waals surface area contributed by atoms with Crippen LogP contribution in [-0.2, 0) is 24.3 Å². The number of fused-ring (bicyclic) bond motifs is 1. The van der Waals surface area contributed by atoms with Crippen LogP contribution in [0.4, 0.5) is 0 Å². The Labute approximate surface area is 74.8 Å². The van der Waals surface area contributed by atoms with E-state index in [9.17, 15) is 4.79 Å². The topological polar surface area (TPSA) is 75.4 Å². The molecule has 0 spiro atoms. The first-order valence-corrected chi connectivity index (χ1v) is 4.15. The number of aliphatic carboxylic acids is 1. The van der Waals surface area contributed by atoms with E-state index in [0.29, 0.717) is 18.9 Å². The number of aromatic nitrogens is 1. The minimum absolute atomic E-state index is 0.0762. The van der Waals surface area contributed by atoms with Crippen molar-refractivity contribution in [3.8, 4) is 0 Å². The average molecular weight is 182 g/mol. The van der Waals surface area contributed by atoms with Crippen molar-refractivity contribution >= 4 is 5.97 Å². The predicted octanol–water partition coefficient (Wildman–Crippen LogP) is 0.295. The van der Waals surface area contributed by atoms with Crippen LogP contribution in [0.3, 0.4) is 0 Å². The van der Waals surface area contributed by atoms with Crippen molar-refractivity contribution in [3.05, 3.63) is 17.3 Å². The van der Waals surface area contributed by atoms with Crippen LogP contribution in [0.1, 0.15) is 23.8 Å². The van der Waals surface area contributed by atoms with Gasteiger partial charge in [0.25, 0.3) is 0 Å². The Hall–Kier alpha value is -1.36. The van der Waals surface area contributed by atoms with Gasteiger partial charge in [0.15, 0.2) is 5.89 Å². The molecule has 0 bridgehead atoms. The maximum absolute atomic E-state index is 10.3. The van der Waals surface area contributed by atoms with Crippen LogP contribution < -0.4 is 5.32 Å². The number of nitrogens with zero attached hydrogens (tertiary/aromatic N) is 1. The molecule has 1 aromatic heterocycles. The van der Waals surface area contributed by atoms with Gasteiger partial charge in [-0.05, 0) is 0 Å². The average Bonchev–Trinajstić information content (AvgIpc) is 2.58. The van der Waals surface area contributed by atoms with Crippen LogP contribution in [-0.4, -0.2) is 16.1 Å². The summed E-state index contributed by atoms with van der Waals surface area (Å²) in [6, 6.07) is 0. The Bertz CT molecular complexity index is 311. The highest BCUT2D eigenvalue weighted by atomic mass is 16.4. The first-order chi connectivity index (χ1) is 6.25.